The van der Waals surface area contributed by atoms with E-state index in [-0.39, 0.29) is 18.4 Å². The van der Waals surface area contributed by atoms with Crippen LogP contribution in [0.4, 0.5) is 5.69 Å². The summed E-state index contributed by atoms with van der Waals surface area (Å²) in [6.07, 6.45) is 0.469. The number of nitrogens with zero attached hydrogens (tertiary/aromatic N) is 1. The molecule has 0 aliphatic carbocycles. The summed E-state index contributed by atoms with van der Waals surface area (Å²) in [7, 11) is 1.57. The Hall–Kier alpha value is -1.49. The molecule has 2 amide bonds. The van der Waals surface area contributed by atoms with Crippen molar-refractivity contribution in [3.63, 3.8) is 0 Å². The molecule has 90 valence electrons. The Labute approximate surface area is 104 Å². The van der Waals surface area contributed by atoms with Gasteiger partial charge in [-0.05, 0) is 12.1 Å². The minimum Gasteiger partial charge on any atom is -0.358 e. The van der Waals surface area contributed by atoms with Crippen molar-refractivity contribution in [2.75, 3.05) is 24.2 Å². The van der Waals surface area contributed by atoms with E-state index in [9.17, 15) is 9.59 Å². The molecule has 0 bridgehead atoms. The van der Waals surface area contributed by atoms with Crippen LogP contribution in [0.15, 0.2) is 29.2 Å². The molecule has 1 heterocycles. The number of thioether (sulfide) groups is 1. The molecule has 1 aliphatic heterocycles. The molecule has 0 fully saturated rings. The number of anilines is 1. The molecule has 5 heteroatoms. The molecule has 1 aromatic carbocycles. The van der Waals surface area contributed by atoms with Crippen LogP contribution in [0.5, 0.6) is 0 Å². The zero-order valence-electron chi connectivity index (χ0n) is 9.60. The van der Waals surface area contributed by atoms with E-state index in [0.29, 0.717) is 6.42 Å². The number of nitrogens with one attached hydrogen (secondary N) is 1. The third-order valence-corrected chi connectivity index (χ3v) is 3.68. The Balaban J connectivity index is 2.33. The van der Waals surface area contributed by atoms with E-state index in [1.54, 1.807) is 23.7 Å². The third-order valence-electron chi connectivity index (χ3n) is 2.61. The molecule has 4 nitrogen and oxygen atoms in total. The van der Waals surface area contributed by atoms with Gasteiger partial charge in [-0.15, -0.1) is 11.8 Å². The summed E-state index contributed by atoms with van der Waals surface area (Å²) in [5.74, 6) is 0.617. The number of carbonyl (C=O) groups excluding carboxylic acids is 2. The van der Waals surface area contributed by atoms with E-state index in [4.69, 9.17) is 0 Å². The molecule has 0 atom stereocenters. The molecular weight excluding hydrogens is 236 g/mol. The maximum Gasteiger partial charge on any atom is 0.239 e. The van der Waals surface area contributed by atoms with Crippen LogP contribution >= 0.6 is 11.8 Å². The summed E-state index contributed by atoms with van der Waals surface area (Å²) in [4.78, 5) is 26.0. The molecule has 0 spiro atoms. The Bertz CT molecular complexity index is 448. The van der Waals surface area contributed by atoms with Gasteiger partial charge in [0.25, 0.3) is 0 Å². The molecule has 1 aromatic rings. The number of carbonyl (C=O) groups is 2. The second-order valence-corrected chi connectivity index (χ2v) is 4.86. The van der Waals surface area contributed by atoms with E-state index < -0.39 is 0 Å². The van der Waals surface area contributed by atoms with Crippen molar-refractivity contribution in [1.29, 1.82) is 0 Å². The number of rotatable bonds is 2. The average molecular weight is 250 g/mol. The van der Waals surface area contributed by atoms with Crippen molar-refractivity contribution in [1.82, 2.24) is 5.32 Å². The third kappa shape index (κ3) is 2.61. The molecule has 2 rings (SSSR count). The lowest BCUT2D eigenvalue weighted by Gasteiger charge is -2.21. The van der Waals surface area contributed by atoms with Crippen molar-refractivity contribution in [2.45, 2.75) is 11.3 Å². The van der Waals surface area contributed by atoms with Gasteiger partial charge in [-0.1, -0.05) is 12.1 Å². The molecule has 0 aromatic heterocycles. The zero-order valence-corrected chi connectivity index (χ0v) is 10.4. The van der Waals surface area contributed by atoms with E-state index >= 15 is 0 Å². The normalized spacial score (nSPS) is 15.1. The predicted octanol–water partition coefficient (Wildman–Crippen LogP) is 1.26. The summed E-state index contributed by atoms with van der Waals surface area (Å²) in [6, 6.07) is 7.69. The van der Waals surface area contributed by atoms with Gasteiger partial charge in [0.05, 0.1) is 5.69 Å². The minimum absolute atomic E-state index is 0.00560. The SMILES string of the molecule is CNC(=O)CN1C(=O)CCSc2ccccc21. The Morgan fingerprint density at radius 2 is 2.24 bits per heavy atom. The Morgan fingerprint density at radius 3 is 3.00 bits per heavy atom. The number of hydrogen-bond acceptors (Lipinski definition) is 3. The van der Waals surface area contributed by atoms with E-state index in [1.807, 2.05) is 24.3 Å². The van der Waals surface area contributed by atoms with Gasteiger partial charge in [-0.3, -0.25) is 9.59 Å². The number of hydrogen-bond donors (Lipinski definition) is 1. The van der Waals surface area contributed by atoms with Gasteiger partial charge < -0.3 is 10.2 Å². The number of fused-ring (bicyclic) bond motifs is 1. The summed E-state index contributed by atoms with van der Waals surface area (Å²) in [5, 5.41) is 2.54. The lowest BCUT2D eigenvalue weighted by molar-refractivity contribution is -0.123. The summed E-state index contributed by atoms with van der Waals surface area (Å²) in [6.45, 7) is 0.0902. The largest absolute Gasteiger partial charge is 0.358 e. The number of benzene rings is 1. The van der Waals surface area contributed by atoms with E-state index in [1.165, 1.54) is 0 Å². The molecular formula is C12H14N2O2S. The van der Waals surface area contributed by atoms with Gasteiger partial charge in [0, 0.05) is 24.1 Å². The molecule has 1 aliphatic rings. The fraction of sp³-hybridized carbons (Fsp3) is 0.333. The van der Waals surface area contributed by atoms with Crippen LogP contribution in [0, 0.1) is 0 Å². The van der Waals surface area contributed by atoms with Crippen LogP contribution in [0.2, 0.25) is 0 Å². The average Bonchev–Trinajstić information content (AvgIpc) is 2.50. The van der Waals surface area contributed by atoms with Crippen molar-refractivity contribution in [3.05, 3.63) is 24.3 Å². The monoisotopic (exact) mass is 250 g/mol. The molecule has 0 radical (unpaired) electrons. The fourth-order valence-corrected chi connectivity index (χ4v) is 2.71. The van der Waals surface area contributed by atoms with Crippen LogP contribution in [0.3, 0.4) is 0 Å². The van der Waals surface area contributed by atoms with Gasteiger partial charge in [0.2, 0.25) is 11.8 Å². The van der Waals surface area contributed by atoms with Crippen LogP contribution in [0.1, 0.15) is 6.42 Å². The molecule has 0 saturated heterocycles. The number of para-hydroxylation sites is 1. The predicted molar refractivity (Wildman–Crippen MR) is 68.2 cm³/mol. The van der Waals surface area contributed by atoms with Crippen molar-refractivity contribution < 1.29 is 9.59 Å². The van der Waals surface area contributed by atoms with Gasteiger partial charge in [-0.2, -0.15) is 0 Å². The van der Waals surface area contributed by atoms with Crippen LogP contribution in [0.25, 0.3) is 0 Å². The smallest absolute Gasteiger partial charge is 0.239 e. The second-order valence-electron chi connectivity index (χ2n) is 3.72. The van der Waals surface area contributed by atoms with Crippen LogP contribution < -0.4 is 10.2 Å². The van der Waals surface area contributed by atoms with Crippen molar-refractivity contribution in [2.24, 2.45) is 0 Å². The van der Waals surface area contributed by atoms with Gasteiger partial charge in [0.1, 0.15) is 6.54 Å². The number of amides is 2. The highest BCUT2D eigenvalue weighted by Crippen LogP contribution is 2.33. The summed E-state index contributed by atoms with van der Waals surface area (Å²) < 4.78 is 0. The summed E-state index contributed by atoms with van der Waals surface area (Å²) >= 11 is 1.66. The Kier molecular flexibility index (Phi) is 3.68. The quantitative estimate of drug-likeness (QED) is 0.859. The van der Waals surface area contributed by atoms with Gasteiger partial charge in [-0.25, -0.2) is 0 Å². The molecule has 1 N–H and O–H groups in total. The minimum atomic E-state index is -0.153. The standard InChI is InChI=1S/C12H14N2O2S/c1-13-11(15)8-14-9-4-2-3-5-10(9)17-7-6-12(14)16/h2-5H,6-8H2,1H3,(H,13,15). The molecule has 0 saturated carbocycles. The first kappa shape index (κ1) is 12.0. The first-order valence-electron chi connectivity index (χ1n) is 5.45. The maximum absolute atomic E-state index is 12.0. The topological polar surface area (TPSA) is 49.4 Å². The lowest BCUT2D eigenvalue weighted by Crippen LogP contribution is -2.39. The molecule has 0 unspecified atom stereocenters. The first-order valence-corrected chi connectivity index (χ1v) is 6.43. The lowest BCUT2D eigenvalue weighted by atomic mass is 10.2. The highest BCUT2D eigenvalue weighted by Gasteiger charge is 2.23. The Morgan fingerprint density at radius 1 is 1.47 bits per heavy atom. The van der Waals surface area contributed by atoms with Crippen LogP contribution in [-0.2, 0) is 9.59 Å². The highest BCUT2D eigenvalue weighted by atomic mass is 32.2. The van der Waals surface area contributed by atoms with Gasteiger partial charge >= 0.3 is 0 Å². The van der Waals surface area contributed by atoms with Crippen molar-refractivity contribution >= 4 is 29.3 Å². The van der Waals surface area contributed by atoms with Gasteiger partial charge in [0.15, 0.2) is 0 Å². The maximum atomic E-state index is 12.0. The zero-order chi connectivity index (χ0) is 12.3. The number of likely N-dealkylation sites (N-methyl/N-ethyl adjacent to an activating group) is 1. The summed E-state index contributed by atoms with van der Waals surface area (Å²) in [5.41, 5.74) is 0.837. The van der Waals surface area contributed by atoms with E-state index in [0.717, 1.165) is 16.3 Å². The first-order chi connectivity index (χ1) is 8.22. The van der Waals surface area contributed by atoms with Crippen molar-refractivity contribution in [3.8, 4) is 0 Å². The van der Waals surface area contributed by atoms with Crippen LogP contribution in [-0.4, -0.2) is 31.2 Å². The van der Waals surface area contributed by atoms with E-state index in [2.05, 4.69) is 5.32 Å². The second kappa shape index (κ2) is 5.23. The fourth-order valence-electron chi connectivity index (χ4n) is 1.72. The molecule has 17 heavy (non-hydrogen) atoms. The highest BCUT2D eigenvalue weighted by molar-refractivity contribution is 7.99.